The Morgan fingerprint density at radius 2 is 1.40 bits per heavy atom. The highest BCUT2D eigenvalue weighted by atomic mass is 35.5. The van der Waals surface area contributed by atoms with Crippen LogP contribution in [0.2, 0.25) is 0 Å². The van der Waals surface area contributed by atoms with Crippen LogP contribution in [0.5, 0.6) is 0 Å². The fourth-order valence-electron chi connectivity index (χ4n) is 3.69. The lowest BCUT2D eigenvalue weighted by Crippen LogP contribution is -2.51. The van der Waals surface area contributed by atoms with Gasteiger partial charge in [-0.1, -0.05) is 36.5 Å². The van der Waals surface area contributed by atoms with Gasteiger partial charge in [0, 0.05) is 0 Å². The van der Waals surface area contributed by atoms with Crippen LogP contribution in [0.4, 0.5) is 0 Å². The zero-order valence-corrected chi connectivity index (χ0v) is 14.0. The summed E-state index contributed by atoms with van der Waals surface area (Å²) in [5.41, 5.74) is 0. The molecular formula is C12H9Cl5O3. The number of esters is 2. The SMILES string of the molecule is CCCC1(Cl)[C@@]2(Cl)C(Cl)=C(Cl)[C@@]1(Cl)[C@H]1C(=O)OC(=O)[C@H]12. The van der Waals surface area contributed by atoms with Crippen molar-refractivity contribution in [2.45, 2.75) is 34.4 Å². The van der Waals surface area contributed by atoms with Crippen LogP contribution >= 0.6 is 58.0 Å². The summed E-state index contributed by atoms with van der Waals surface area (Å²) in [6, 6.07) is 0. The number of carbonyl (C=O) groups excluding carboxylic acids is 2. The highest BCUT2D eigenvalue weighted by Crippen LogP contribution is 2.77. The molecular weight excluding hydrogens is 369 g/mol. The zero-order chi connectivity index (χ0) is 15.1. The summed E-state index contributed by atoms with van der Waals surface area (Å²) in [7, 11) is 0. The van der Waals surface area contributed by atoms with Gasteiger partial charge in [0.05, 0.1) is 26.8 Å². The Labute approximate surface area is 140 Å². The van der Waals surface area contributed by atoms with Gasteiger partial charge in [0.1, 0.15) is 9.75 Å². The molecule has 0 aromatic carbocycles. The van der Waals surface area contributed by atoms with Crippen LogP contribution in [0.25, 0.3) is 0 Å². The van der Waals surface area contributed by atoms with Gasteiger partial charge in [0.15, 0.2) is 0 Å². The van der Waals surface area contributed by atoms with E-state index in [9.17, 15) is 9.59 Å². The first kappa shape index (κ1) is 15.2. The molecule has 2 bridgehead atoms. The van der Waals surface area contributed by atoms with E-state index in [4.69, 9.17) is 58.0 Å². The lowest BCUT2D eigenvalue weighted by Gasteiger charge is -2.38. The minimum absolute atomic E-state index is 0.0344. The highest BCUT2D eigenvalue weighted by Gasteiger charge is 2.87. The number of hydrogen-bond acceptors (Lipinski definition) is 3. The molecule has 1 aliphatic heterocycles. The molecule has 0 N–H and O–H groups in total. The topological polar surface area (TPSA) is 43.4 Å². The summed E-state index contributed by atoms with van der Waals surface area (Å²) in [5, 5.41) is 0.0689. The molecule has 3 aliphatic rings. The van der Waals surface area contributed by atoms with E-state index >= 15 is 0 Å². The predicted molar refractivity (Wildman–Crippen MR) is 77.5 cm³/mol. The number of rotatable bonds is 2. The maximum Gasteiger partial charge on any atom is 0.319 e. The lowest BCUT2D eigenvalue weighted by atomic mass is 9.84. The van der Waals surface area contributed by atoms with Crippen LogP contribution in [-0.4, -0.2) is 26.6 Å². The summed E-state index contributed by atoms with van der Waals surface area (Å²) in [6.45, 7) is 1.89. The van der Waals surface area contributed by atoms with Gasteiger partial charge in [-0.05, 0) is 6.42 Å². The summed E-state index contributed by atoms with van der Waals surface area (Å²) < 4.78 is 4.66. The van der Waals surface area contributed by atoms with Crippen molar-refractivity contribution in [3.05, 3.63) is 10.1 Å². The molecule has 3 rings (SSSR count). The third-order valence-electron chi connectivity index (χ3n) is 4.48. The van der Waals surface area contributed by atoms with E-state index in [1.165, 1.54) is 0 Å². The monoisotopic (exact) mass is 376 g/mol. The number of ether oxygens (including phenoxy) is 1. The molecule has 5 atom stereocenters. The lowest BCUT2D eigenvalue weighted by molar-refractivity contribution is -0.154. The van der Waals surface area contributed by atoms with Crippen LogP contribution < -0.4 is 0 Å². The largest absolute Gasteiger partial charge is 0.393 e. The summed E-state index contributed by atoms with van der Waals surface area (Å²) in [5.74, 6) is -3.51. The Balaban J connectivity index is 2.32. The Morgan fingerprint density at radius 1 is 1.00 bits per heavy atom. The Morgan fingerprint density at radius 3 is 1.75 bits per heavy atom. The number of hydrogen-bond donors (Lipinski definition) is 0. The second-order valence-corrected chi connectivity index (χ2v) is 7.89. The van der Waals surface area contributed by atoms with Crippen molar-refractivity contribution in [3.8, 4) is 0 Å². The van der Waals surface area contributed by atoms with Gasteiger partial charge in [0.25, 0.3) is 0 Å². The van der Waals surface area contributed by atoms with Crippen LogP contribution in [0.1, 0.15) is 19.8 Å². The number of alkyl halides is 3. The quantitative estimate of drug-likeness (QED) is 0.418. The molecule has 0 amide bonds. The van der Waals surface area contributed by atoms with Crippen molar-refractivity contribution >= 4 is 69.9 Å². The maximum atomic E-state index is 12.0. The molecule has 1 heterocycles. The van der Waals surface area contributed by atoms with Crippen molar-refractivity contribution in [2.75, 3.05) is 0 Å². The fraction of sp³-hybridized carbons (Fsp3) is 0.667. The van der Waals surface area contributed by atoms with Gasteiger partial charge in [0.2, 0.25) is 0 Å². The number of allylic oxidation sites excluding steroid dienone is 2. The summed E-state index contributed by atoms with van der Waals surface area (Å²) >= 11 is 32.4. The van der Waals surface area contributed by atoms with Crippen molar-refractivity contribution < 1.29 is 14.3 Å². The minimum atomic E-state index is -1.52. The van der Waals surface area contributed by atoms with Gasteiger partial charge >= 0.3 is 11.9 Å². The fourth-order valence-corrected chi connectivity index (χ4v) is 6.51. The number of fused-ring (bicyclic) bond motifs is 5. The van der Waals surface area contributed by atoms with E-state index in [1.807, 2.05) is 6.92 Å². The molecule has 20 heavy (non-hydrogen) atoms. The molecule has 0 spiro atoms. The number of halogens is 5. The average molecular weight is 378 g/mol. The van der Waals surface area contributed by atoms with Crippen molar-refractivity contribution in [2.24, 2.45) is 11.8 Å². The predicted octanol–water partition coefficient (Wildman–Crippen LogP) is 3.75. The van der Waals surface area contributed by atoms with Crippen LogP contribution in [0.3, 0.4) is 0 Å². The summed E-state index contributed by atoms with van der Waals surface area (Å²) in [4.78, 5) is 19.6. The van der Waals surface area contributed by atoms with Crippen molar-refractivity contribution in [1.82, 2.24) is 0 Å². The third-order valence-corrected chi connectivity index (χ3v) is 8.22. The number of cyclic esters (lactones) is 2. The maximum absolute atomic E-state index is 12.0. The summed E-state index contributed by atoms with van der Waals surface area (Å²) in [6.07, 6.45) is 1.00. The van der Waals surface area contributed by atoms with E-state index in [0.29, 0.717) is 12.8 Å². The molecule has 0 aromatic rings. The van der Waals surface area contributed by atoms with E-state index in [2.05, 4.69) is 4.74 Å². The van der Waals surface area contributed by atoms with Crippen LogP contribution in [-0.2, 0) is 14.3 Å². The van der Waals surface area contributed by atoms with Crippen LogP contribution in [0.15, 0.2) is 10.1 Å². The Kier molecular flexibility index (Phi) is 3.20. The molecule has 0 aromatic heterocycles. The van der Waals surface area contributed by atoms with Gasteiger partial charge in [-0.25, -0.2) is 0 Å². The molecule has 3 nitrogen and oxygen atoms in total. The van der Waals surface area contributed by atoms with Crippen molar-refractivity contribution in [1.29, 1.82) is 0 Å². The van der Waals surface area contributed by atoms with E-state index < -0.39 is 38.4 Å². The zero-order valence-electron chi connectivity index (χ0n) is 10.2. The third kappa shape index (κ3) is 1.25. The second kappa shape index (κ2) is 4.20. The Bertz CT molecular complexity index is 531. The first-order valence-electron chi connectivity index (χ1n) is 6.06. The molecule has 1 saturated carbocycles. The van der Waals surface area contributed by atoms with Gasteiger partial charge in [-0.2, -0.15) is 0 Å². The molecule has 2 aliphatic carbocycles. The van der Waals surface area contributed by atoms with Crippen molar-refractivity contribution in [3.63, 3.8) is 0 Å². The standard InChI is InChI=1S/C12H9Cl5O3/c1-2-3-10(15)11(16)4-5(9(19)20-8(4)18)12(10,17)7(14)6(11)13/h4-5H,2-3H2,1H3/t4-,5+,10?,11-,12-/m0/s1. The normalized spacial score (nSPS) is 49.9. The molecule has 0 radical (unpaired) electrons. The highest BCUT2D eigenvalue weighted by molar-refractivity contribution is 6.58. The van der Waals surface area contributed by atoms with E-state index in [1.54, 1.807) is 0 Å². The van der Waals surface area contributed by atoms with E-state index in [0.717, 1.165) is 0 Å². The smallest absolute Gasteiger partial charge is 0.319 e. The first-order valence-corrected chi connectivity index (χ1v) is 7.95. The molecule has 8 heteroatoms. The number of carbonyl (C=O) groups is 2. The van der Waals surface area contributed by atoms with Crippen LogP contribution in [0, 0.1) is 11.8 Å². The van der Waals surface area contributed by atoms with Gasteiger partial charge < -0.3 is 4.74 Å². The minimum Gasteiger partial charge on any atom is -0.393 e. The first-order chi connectivity index (χ1) is 9.17. The second-order valence-electron chi connectivity index (χ2n) is 5.30. The average Bonchev–Trinajstić information content (AvgIpc) is 2.79. The van der Waals surface area contributed by atoms with E-state index in [-0.39, 0.29) is 10.1 Å². The molecule has 2 fully saturated rings. The molecule has 1 saturated heterocycles. The van der Waals surface area contributed by atoms with Gasteiger partial charge in [-0.15, -0.1) is 34.8 Å². The molecule has 1 unspecified atom stereocenters. The molecule has 110 valence electrons. The van der Waals surface area contributed by atoms with Gasteiger partial charge in [-0.3, -0.25) is 9.59 Å². The Hall–Kier alpha value is 0.330.